The third-order valence-corrected chi connectivity index (χ3v) is 7.91. The van der Waals surface area contributed by atoms with Crippen LogP contribution in [0, 0.1) is 11.8 Å². The van der Waals surface area contributed by atoms with Crippen LogP contribution in [0.3, 0.4) is 0 Å². The molecule has 0 amide bonds. The minimum atomic E-state index is -1.06. The van der Waals surface area contributed by atoms with Crippen molar-refractivity contribution in [2.75, 3.05) is 39.1 Å². The molecule has 1 aliphatic rings. The van der Waals surface area contributed by atoms with Crippen LogP contribution in [0.2, 0.25) is 0 Å². The number of hydrogen-bond donors (Lipinski definition) is 1. The maximum absolute atomic E-state index is 15.4. The summed E-state index contributed by atoms with van der Waals surface area (Å²) in [5.74, 6) is 2.33. The molecule has 1 N–H and O–H groups in total. The topological polar surface area (TPSA) is 58.5 Å². The van der Waals surface area contributed by atoms with Crippen LogP contribution >= 0.6 is 11.8 Å². The van der Waals surface area contributed by atoms with Crippen molar-refractivity contribution in [2.24, 2.45) is 11.8 Å². The lowest BCUT2D eigenvalue weighted by atomic mass is 9.81. The fourth-order valence-corrected chi connectivity index (χ4v) is 5.74. The maximum atomic E-state index is 15.4. The van der Waals surface area contributed by atoms with Gasteiger partial charge in [0.2, 0.25) is 0 Å². The van der Waals surface area contributed by atoms with E-state index in [9.17, 15) is 5.11 Å². The van der Waals surface area contributed by atoms with Crippen LogP contribution in [0.1, 0.15) is 37.4 Å². The smallest absolute Gasteiger partial charge is 0.126 e. The van der Waals surface area contributed by atoms with Gasteiger partial charge in [-0.15, -0.1) is 11.8 Å². The SMILES string of the molecule is COc1ccc2nccc([C@@H](F)CC[C@@H]3CCN(CCCSc4cccnc4)C[C@@H]3CO)c2c1. The third kappa shape index (κ3) is 6.46. The molecule has 1 aliphatic heterocycles. The number of halogens is 1. The average molecular weight is 484 g/mol. The van der Waals surface area contributed by atoms with Gasteiger partial charge in [0.1, 0.15) is 11.9 Å². The average Bonchev–Trinajstić information content (AvgIpc) is 2.89. The lowest BCUT2D eigenvalue weighted by molar-refractivity contribution is 0.0640. The highest BCUT2D eigenvalue weighted by atomic mass is 32.2. The second-order valence-corrected chi connectivity index (χ2v) is 10.2. The molecule has 0 aliphatic carbocycles. The molecule has 34 heavy (non-hydrogen) atoms. The van der Waals surface area contributed by atoms with Crippen molar-refractivity contribution >= 4 is 22.7 Å². The number of ether oxygens (including phenoxy) is 1. The third-order valence-electron chi connectivity index (χ3n) is 6.84. The number of alkyl halides is 1. The summed E-state index contributed by atoms with van der Waals surface area (Å²) >= 11 is 1.84. The summed E-state index contributed by atoms with van der Waals surface area (Å²) in [6.07, 6.45) is 7.68. The quantitative estimate of drug-likeness (QED) is 0.285. The number of piperidine rings is 1. The number of nitrogens with zero attached hydrogens (tertiary/aromatic N) is 3. The van der Waals surface area contributed by atoms with Gasteiger partial charge in [0.15, 0.2) is 0 Å². The zero-order valence-corrected chi connectivity index (χ0v) is 20.6. The van der Waals surface area contributed by atoms with E-state index in [-0.39, 0.29) is 12.5 Å². The molecule has 2 aromatic heterocycles. The molecule has 0 bridgehead atoms. The van der Waals surface area contributed by atoms with Gasteiger partial charge in [0.25, 0.3) is 0 Å². The van der Waals surface area contributed by atoms with Crippen molar-refractivity contribution in [3.63, 3.8) is 0 Å². The van der Waals surface area contributed by atoms with Crippen LogP contribution in [0.15, 0.2) is 59.9 Å². The van der Waals surface area contributed by atoms with Gasteiger partial charge in [-0.2, -0.15) is 0 Å². The Morgan fingerprint density at radius 2 is 2.15 bits per heavy atom. The Morgan fingerprint density at radius 3 is 2.94 bits per heavy atom. The van der Waals surface area contributed by atoms with Crippen LogP contribution in [0.5, 0.6) is 5.75 Å². The van der Waals surface area contributed by atoms with Crippen LogP contribution in [0.4, 0.5) is 4.39 Å². The molecule has 4 rings (SSSR count). The molecule has 0 unspecified atom stereocenters. The number of likely N-dealkylation sites (tertiary alicyclic amines) is 1. The van der Waals surface area contributed by atoms with Crippen LogP contribution < -0.4 is 4.74 Å². The van der Waals surface area contributed by atoms with E-state index in [0.29, 0.717) is 23.7 Å². The number of rotatable bonds is 11. The van der Waals surface area contributed by atoms with Crippen molar-refractivity contribution in [3.05, 3.63) is 60.6 Å². The highest BCUT2D eigenvalue weighted by molar-refractivity contribution is 7.99. The monoisotopic (exact) mass is 483 g/mol. The lowest BCUT2D eigenvalue weighted by Gasteiger charge is -2.38. The molecular formula is C27H34FN3O2S. The van der Waals surface area contributed by atoms with Gasteiger partial charge in [-0.3, -0.25) is 9.97 Å². The van der Waals surface area contributed by atoms with E-state index in [0.717, 1.165) is 55.6 Å². The molecule has 1 aromatic carbocycles. The molecule has 5 nitrogen and oxygen atoms in total. The number of hydrogen-bond acceptors (Lipinski definition) is 6. The Morgan fingerprint density at radius 1 is 1.24 bits per heavy atom. The van der Waals surface area contributed by atoms with E-state index in [1.54, 1.807) is 25.6 Å². The molecule has 182 valence electrons. The summed E-state index contributed by atoms with van der Waals surface area (Å²) in [5, 5.41) is 10.8. The van der Waals surface area contributed by atoms with Gasteiger partial charge in [-0.1, -0.05) is 0 Å². The molecule has 3 atom stereocenters. The number of fused-ring (bicyclic) bond motifs is 1. The van der Waals surface area contributed by atoms with Gasteiger partial charge in [-0.25, -0.2) is 4.39 Å². The maximum Gasteiger partial charge on any atom is 0.126 e. The van der Waals surface area contributed by atoms with E-state index in [1.807, 2.05) is 42.2 Å². The zero-order valence-electron chi connectivity index (χ0n) is 19.8. The Kier molecular flexibility index (Phi) is 9.13. The van der Waals surface area contributed by atoms with E-state index >= 15 is 4.39 Å². The highest BCUT2D eigenvalue weighted by Gasteiger charge is 2.29. The van der Waals surface area contributed by atoms with Crippen molar-refractivity contribution in [1.82, 2.24) is 14.9 Å². The predicted octanol–water partition coefficient (Wildman–Crippen LogP) is 5.54. The van der Waals surface area contributed by atoms with Gasteiger partial charge in [-0.05, 0) is 98.3 Å². The first-order valence-electron chi connectivity index (χ1n) is 12.1. The van der Waals surface area contributed by atoms with Crippen LogP contribution in [-0.4, -0.2) is 59.1 Å². The van der Waals surface area contributed by atoms with Gasteiger partial charge < -0.3 is 14.7 Å². The minimum Gasteiger partial charge on any atom is -0.497 e. The van der Waals surface area contributed by atoms with Crippen LogP contribution in [-0.2, 0) is 0 Å². The molecular weight excluding hydrogens is 449 g/mol. The fraction of sp³-hybridized carbons (Fsp3) is 0.481. The summed E-state index contributed by atoms with van der Waals surface area (Å²) in [6.45, 7) is 3.11. The molecule has 3 aromatic rings. The molecule has 7 heteroatoms. The summed E-state index contributed by atoms with van der Waals surface area (Å²) in [7, 11) is 1.62. The number of aromatic nitrogens is 2. The molecule has 0 spiro atoms. The first-order chi connectivity index (χ1) is 16.7. The van der Waals surface area contributed by atoms with Gasteiger partial charge in [0, 0.05) is 42.0 Å². The van der Waals surface area contributed by atoms with Crippen molar-refractivity contribution in [2.45, 2.75) is 36.8 Å². The Balaban J connectivity index is 1.26. The van der Waals surface area contributed by atoms with E-state index in [4.69, 9.17) is 4.74 Å². The highest BCUT2D eigenvalue weighted by Crippen LogP contribution is 2.35. The first-order valence-corrected chi connectivity index (χ1v) is 13.1. The van der Waals surface area contributed by atoms with Crippen molar-refractivity contribution in [1.29, 1.82) is 0 Å². The Hall–Kier alpha value is -2.22. The summed E-state index contributed by atoms with van der Waals surface area (Å²) < 4.78 is 20.7. The summed E-state index contributed by atoms with van der Waals surface area (Å²) in [4.78, 5) is 12.2. The number of pyridine rings is 2. The lowest BCUT2D eigenvalue weighted by Crippen LogP contribution is -2.42. The minimum absolute atomic E-state index is 0.165. The number of methoxy groups -OCH3 is 1. The molecule has 0 radical (unpaired) electrons. The van der Waals surface area contributed by atoms with Crippen molar-refractivity contribution in [3.8, 4) is 5.75 Å². The predicted molar refractivity (Wildman–Crippen MR) is 136 cm³/mol. The number of benzene rings is 1. The molecule has 1 fully saturated rings. The zero-order chi connectivity index (χ0) is 23.8. The number of thioether (sulfide) groups is 1. The summed E-state index contributed by atoms with van der Waals surface area (Å²) in [5.41, 5.74) is 1.46. The van der Waals surface area contributed by atoms with Crippen LogP contribution in [0.25, 0.3) is 10.9 Å². The molecule has 0 saturated carbocycles. The second-order valence-electron chi connectivity index (χ2n) is 9.01. The van der Waals surface area contributed by atoms with Gasteiger partial charge in [0.05, 0.1) is 12.6 Å². The van der Waals surface area contributed by atoms with E-state index in [1.165, 1.54) is 4.90 Å². The standard InChI is InChI=1S/C27H34FN3O2S/c1-33-22-6-8-27-25(16-22)24(9-12-30-27)26(28)7-5-20-10-14-31(18-21(20)19-32)13-3-15-34-23-4-2-11-29-17-23/h2,4,6,8-9,11-12,16-17,20-21,26,32H,3,5,7,10,13-15,18-19H2,1H3/t20-,21-,26+/m1/s1. The Bertz CT molecular complexity index is 1040. The Labute approximate surface area is 205 Å². The van der Waals surface area contributed by atoms with Gasteiger partial charge >= 0.3 is 0 Å². The normalized spacial score (nSPS) is 19.9. The number of aliphatic hydroxyl groups is 1. The largest absolute Gasteiger partial charge is 0.497 e. The number of aliphatic hydroxyl groups excluding tert-OH is 1. The molecule has 3 heterocycles. The molecule has 1 saturated heterocycles. The first kappa shape index (κ1) is 24.9. The van der Waals surface area contributed by atoms with Crippen molar-refractivity contribution < 1.29 is 14.2 Å². The summed E-state index contributed by atoms with van der Waals surface area (Å²) in [6, 6.07) is 11.4. The fourth-order valence-electron chi connectivity index (χ4n) is 4.92. The second kappa shape index (κ2) is 12.5. The van der Waals surface area contributed by atoms with E-state index < -0.39 is 6.17 Å². The van der Waals surface area contributed by atoms with E-state index in [2.05, 4.69) is 20.9 Å².